The van der Waals surface area contributed by atoms with Crippen LogP contribution in [-0.4, -0.2) is 14.2 Å². The van der Waals surface area contributed by atoms with Gasteiger partial charge in [-0.2, -0.15) is 0 Å². The molecule has 0 N–H and O–H groups in total. The molecular formula is C20H18O2S. The van der Waals surface area contributed by atoms with Gasteiger partial charge in [0.2, 0.25) is 0 Å². The van der Waals surface area contributed by atoms with Crippen LogP contribution < -0.4 is 0 Å². The van der Waals surface area contributed by atoms with Gasteiger partial charge in [0.05, 0.1) is 10.6 Å². The molecule has 23 heavy (non-hydrogen) atoms. The zero-order valence-electron chi connectivity index (χ0n) is 12.7. The van der Waals surface area contributed by atoms with Gasteiger partial charge < -0.3 is 0 Å². The topological polar surface area (TPSA) is 34.1 Å². The van der Waals surface area contributed by atoms with E-state index >= 15 is 0 Å². The Hall–Kier alpha value is -2.39. The average molecular weight is 322 g/mol. The first-order valence-corrected chi connectivity index (χ1v) is 9.22. The second kappa shape index (κ2) is 6.80. The van der Waals surface area contributed by atoms with Gasteiger partial charge in [0, 0.05) is 0 Å². The predicted molar refractivity (Wildman–Crippen MR) is 94.1 cm³/mol. The maximum Gasteiger partial charge on any atom is 0.178 e. The van der Waals surface area contributed by atoms with Crippen LogP contribution in [0.1, 0.15) is 5.56 Å². The zero-order chi connectivity index (χ0) is 16.1. The van der Waals surface area contributed by atoms with Crippen molar-refractivity contribution in [3.63, 3.8) is 0 Å². The Bertz CT molecular complexity index is 853. The maximum atomic E-state index is 12.5. The average Bonchev–Trinajstić information content (AvgIpc) is 2.62. The van der Waals surface area contributed by atoms with E-state index in [0.29, 0.717) is 11.3 Å². The first kappa shape index (κ1) is 15.5. The van der Waals surface area contributed by atoms with Gasteiger partial charge in [0.25, 0.3) is 0 Å². The molecule has 0 aliphatic carbocycles. The number of sulfone groups is 1. The van der Waals surface area contributed by atoms with Crippen LogP contribution in [0.15, 0.2) is 89.8 Å². The van der Waals surface area contributed by atoms with E-state index in [-0.39, 0.29) is 5.75 Å². The zero-order valence-corrected chi connectivity index (χ0v) is 13.5. The van der Waals surface area contributed by atoms with Crippen molar-refractivity contribution in [3.8, 4) is 11.1 Å². The molecule has 3 aromatic carbocycles. The van der Waals surface area contributed by atoms with Crippen molar-refractivity contribution < 1.29 is 8.42 Å². The van der Waals surface area contributed by atoms with Crippen molar-refractivity contribution in [2.45, 2.75) is 11.3 Å². The molecule has 0 spiro atoms. The molecule has 0 fully saturated rings. The highest BCUT2D eigenvalue weighted by molar-refractivity contribution is 7.91. The fourth-order valence-electron chi connectivity index (χ4n) is 2.50. The van der Waals surface area contributed by atoms with Crippen molar-refractivity contribution in [1.82, 2.24) is 0 Å². The molecule has 0 aliphatic heterocycles. The van der Waals surface area contributed by atoms with Crippen molar-refractivity contribution in [2.75, 3.05) is 5.75 Å². The number of benzene rings is 3. The Morgan fingerprint density at radius 3 is 1.74 bits per heavy atom. The highest BCUT2D eigenvalue weighted by atomic mass is 32.2. The summed E-state index contributed by atoms with van der Waals surface area (Å²) in [6, 6.07) is 26.7. The molecule has 0 aromatic heterocycles. The normalized spacial score (nSPS) is 11.3. The number of aryl methyl sites for hydroxylation is 1. The molecule has 116 valence electrons. The lowest BCUT2D eigenvalue weighted by Gasteiger charge is -2.07. The third kappa shape index (κ3) is 3.88. The molecule has 0 amide bonds. The largest absolute Gasteiger partial charge is 0.224 e. The van der Waals surface area contributed by atoms with E-state index in [2.05, 4.69) is 0 Å². The number of hydrogen-bond acceptors (Lipinski definition) is 2. The summed E-state index contributed by atoms with van der Waals surface area (Å²) < 4.78 is 24.9. The molecule has 0 saturated carbocycles. The minimum Gasteiger partial charge on any atom is -0.224 e. The first-order valence-electron chi connectivity index (χ1n) is 7.57. The minimum atomic E-state index is -3.26. The van der Waals surface area contributed by atoms with Crippen LogP contribution >= 0.6 is 0 Å². The second-order valence-electron chi connectivity index (χ2n) is 5.44. The van der Waals surface area contributed by atoms with Crippen molar-refractivity contribution in [3.05, 3.63) is 90.5 Å². The molecule has 3 rings (SSSR count). The lowest BCUT2D eigenvalue weighted by atomic mass is 10.1. The van der Waals surface area contributed by atoms with Crippen LogP contribution in [0.3, 0.4) is 0 Å². The Morgan fingerprint density at radius 2 is 1.13 bits per heavy atom. The quantitative estimate of drug-likeness (QED) is 0.699. The van der Waals surface area contributed by atoms with Crippen molar-refractivity contribution >= 4 is 9.84 Å². The monoisotopic (exact) mass is 322 g/mol. The molecular weight excluding hydrogens is 304 g/mol. The molecule has 2 nitrogen and oxygen atoms in total. The summed E-state index contributed by atoms with van der Waals surface area (Å²) in [5, 5.41) is 0. The van der Waals surface area contributed by atoms with Gasteiger partial charge in [-0.25, -0.2) is 8.42 Å². The minimum absolute atomic E-state index is 0.127. The summed E-state index contributed by atoms with van der Waals surface area (Å²) in [6.07, 6.45) is 0.531. The van der Waals surface area contributed by atoms with Crippen LogP contribution in [0, 0.1) is 0 Å². The molecule has 0 heterocycles. The lowest BCUT2D eigenvalue weighted by molar-refractivity contribution is 0.595. The number of rotatable bonds is 5. The first-order chi connectivity index (χ1) is 11.1. The summed E-state index contributed by atoms with van der Waals surface area (Å²) in [7, 11) is -3.26. The standard InChI is InChI=1S/C20H18O2S/c21-23(22,16-15-17-7-3-1-4-8-17)20-13-11-19(12-14-20)18-9-5-2-6-10-18/h1-14H,15-16H2. The second-order valence-corrected chi connectivity index (χ2v) is 7.55. The van der Waals surface area contributed by atoms with E-state index < -0.39 is 9.84 Å². The molecule has 0 unspecified atom stereocenters. The van der Waals surface area contributed by atoms with Crippen molar-refractivity contribution in [2.24, 2.45) is 0 Å². The van der Waals surface area contributed by atoms with Gasteiger partial charge in [-0.15, -0.1) is 0 Å². The van der Waals surface area contributed by atoms with Crippen LogP contribution in [0.5, 0.6) is 0 Å². The third-order valence-electron chi connectivity index (χ3n) is 3.82. The van der Waals surface area contributed by atoms with E-state index in [1.807, 2.05) is 72.8 Å². The fraction of sp³-hybridized carbons (Fsp3) is 0.100. The predicted octanol–water partition coefficient (Wildman–Crippen LogP) is 4.37. The summed E-state index contributed by atoms with van der Waals surface area (Å²) in [5.74, 6) is 0.127. The third-order valence-corrected chi connectivity index (χ3v) is 5.55. The van der Waals surface area contributed by atoms with Gasteiger partial charge in [-0.05, 0) is 35.2 Å². The number of hydrogen-bond donors (Lipinski definition) is 0. The summed E-state index contributed by atoms with van der Waals surface area (Å²) in [5.41, 5.74) is 3.14. The van der Waals surface area contributed by atoms with E-state index in [1.54, 1.807) is 12.1 Å². The highest BCUT2D eigenvalue weighted by Gasteiger charge is 2.14. The van der Waals surface area contributed by atoms with Crippen LogP contribution in [0.2, 0.25) is 0 Å². The van der Waals surface area contributed by atoms with Crippen LogP contribution in [0.4, 0.5) is 0 Å². The van der Waals surface area contributed by atoms with E-state index in [0.717, 1.165) is 16.7 Å². The summed E-state index contributed by atoms with van der Waals surface area (Å²) >= 11 is 0. The highest BCUT2D eigenvalue weighted by Crippen LogP contribution is 2.21. The lowest BCUT2D eigenvalue weighted by Crippen LogP contribution is -2.09. The van der Waals surface area contributed by atoms with Gasteiger partial charge >= 0.3 is 0 Å². The van der Waals surface area contributed by atoms with E-state index in [4.69, 9.17) is 0 Å². The van der Waals surface area contributed by atoms with E-state index in [1.165, 1.54) is 0 Å². The Kier molecular flexibility index (Phi) is 4.58. The van der Waals surface area contributed by atoms with Gasteiger partial charge in [0.15, 0.2) is 9.84 Å². The SMILES string of the molecule is O=S(=O)(CCc1ccccc1)c1ccc(-c2ccccc2)cc1. The molecule has 0 aliphatic rings. The Balaban J connectivity index is 1.75. The molecule has 3 heteroatoms. The Labute approximate surface area is 137 Å². The summed E-state index contributed by atoms with van der Waals surface area (Å²) in [6.45, 7) is 0. The summed E-state index contributed by atoms with van der Waals surface area (Å²) in [4.78, 5) is 0.383. The Morgan fingerprint density at radius 1 is 0.609 bits per heavy atom. The molecule has 3 aromatic rings. The van der Waals surface area contributed by atoms with Crippen LogP contribution in [0.25, 0.3) is 11.1 Å². The van der Waals surface area contributed by atoms with Gasteiger partial charge in [-0.3, -0.25) is 0 Å². The maximum absolute atomic E-state index is 12.5. The fourth-order valence-corrected chi connectivity index (χ4v) is 3.79. The van der Waals surface area contributed by atoms with Gasteiger partial charge in [-0.1, -0.05) is 72.8 Å². The van der Waals surface area contributed by atoms with Crippen LogP contribution in [-0.2, 0) is 16.3 Å². The molecule has 0 bridgehead atoms. The van der Waals surface area contributed by atoms with Gasteiger partial charge in [0.1, 0.15) is 0 Å². The molecule has 0 radical (unpaired) electrons. The van der Waals surface area contributed by atoms with E-state index in [9.17, 15) is 8.42 Å². The van der Waals surface area contributed by atoms with Crippen molar-refractivity contribution in [1.29, 1.82) is 0 Å². The smallest absolute Gasteiger partial charge is 0.178 e. The molecule has 0 atom stereocenters. The molecule has 0 saturated heterocycles.